The van der Waals surface area contributed by atoms with Crippen LogP contribution in [0, 0.1) is 0 Å². The normalized spacial score (nSPS) is 13.6. The summed E-state index contributed by atoms with van der Waals surface area (Å²) in [4.78, 5) is 19.4. The second kappa shape index (κ2) is 6.13. The highest BCUT2D eigenvalue weighted by Crippen LogP contribution is 2.21. The van der Waals surface area contributed by atoms with Crippen LogP contribution in [0.1, 0.15) is 23.2 Å². The molecular formula is C17H15N3O. The van der Waals surface area contributed by atoms with Crippen molar-refractivity contribution >= 4 is 12.1 Å². The zero-order valence-electron chi connectivity index (χ0n) is 11.5. The van der Waals surface area contributed by atoms with Gasteiger partial charge in [-0.05, 0) is 25.0 Å². The number of nitrogens with one attached hydrogen (secondary N) is 1. The summed E-state index contributed by atoms with van der Waals surface area (Å²) in [6, 6.07) is 9.25. The summed E-state index contributed by atoms with van der Waals surface area (Å²) in [5.41, 5.74) is 3.38. The lowest BCUT2D eigenvalue weighted by atomic mass is 10.1. The van der Waals surface area contributed by atoms with Gasteiger partial charge < -0.3 is 5.32 Å². The van der Waals surface area contributed by atoms with Gasteiger partial charge in [0, 0.05) is 22.9 Å². The molecule has 104 valence electrons. The number of hydrogen-bond donors (Lipinski definition) is 1. The second-order valence-electron chi connectivity index (χ2n) is 4.80. The van der Waals surface area contributed by atoms with Crippen molar-refractivity contribution < 1.29 is 4.79 Å². The Morgan fingerprint density at radius 3 is 2.90 bits per heavy atom. The highest BCUT2D eigenvalue weighted by atomic mass is 16.1. The highest BCUT2D eigenvalue weighted by molar-refractivity contribution is 5.78. The van der Waals surface area contributed by atoms with Crippen LogP contribution in [-0.4, -0.2) is 16.3 Å². The Kier molecular flexibility index (Phi) is 3.87. The molecule has 0 spiro atoms. The lowest BCUT2D eigenvalue weighted by Gasteiger charge is -2.10. The molecule has 1 aromatic heterocycles. The van der Waals surface area contributed by atoms with E-state index < -0.39 is 0 Å². The zero-order chi connectivity index (χ0) is 14.5. The average Bonchev–Trinajstić information content (AvgIpc) is 2.56. The van der Waals surface area contributed by atoms with Gasteiger partial charge in [-0.3, -0.25) is 4.79 Å². The predicted octanol–water partition coefficient (Wildman–Crippen LogP) is 3.60. The molecule has 0 saturated carbocycles. The summed E-state index contributed by atoms with van der Waals surface area (Å²) in [6.45, 7) is 0. The van der Waals surface area contributed by atoms with Crippen molar-refractivity contribution in [1.82, 2.24) is 9.97 Å². The summed E-state index contributed by atoms with van der Waals surface area (Å²) in [6.07, 6.45) is 10.8. The van der Waals surface area contributed by atoms with Gasteiger partial charge in [-0.15, -0.1) is 0 Å². The van der Waals surface area contributed by atoms with Crippen molar-refractivity contribution in [2.75, 3.05) is 5.32 Å². The number of carbonyl (C=O) groups is 1. The van der Waals surface area contributed by atoms with Gasteiger partial charge in [-0.2, -0.15) is 0 Å². The number of carbonyl (C=O) groups excluding carboxylic acids is 1. The van der Waals surface area contributed by atoms with Crippen molar-refractivity contribution in [2.24, 2.45) is 0 Å². The van der Waals surface area contributed by atoms with Gasteiger partial charge in [0.2, 0.25) is 0 Å². The fraction of sp³-hybridized carbons (Fsp3) is 0.118. The van der Waals surface area contributed by atoms with E-state index >= 15 is 0 Å². The van der Waals surface area contributed by atoms with E-state index in [0.717, 1.165) is 41.9 Å². The smallest absolute Gasteiger partial charge is 0.150 e. The van der Waals surface area contributed by atoms with Crippen molar-refractivity contribution in [3.8, 4) is 11.3 Å². The Morgan fingerprint density at radius 1 is 1.14 bits per heavy atom. The lowest BCUT2D eigenvalue weighted by molar-refractivity contribution is 0.112. The third kappa shape index (κ3) is 3.23. The predicted molar refractivity (Wildman–Crippen MR) is 82.9 cm³/mol. The van der Waals surface area contributed by atoms with E-state index in [1.54, 1.807) is 6.07 Å². The van der Waals surface area contributed by atoms with Gasteiger partial charge in [0.1, 0.15) is 18.4 Å². The van der Waals surface area contributed by atoms with Crippen LogP contribution in [-0.2, 0) is 0 Å². The molecule has 21 heavy (non-hydrogen) atoms. The molecule has 0 aliphatic heterocycles. The minimum atomic E-state index is 0.638. The van der Waals surface area contributed by atoms with E-state index in [0.29, 0.717) is 5.56 Å². The molecule has 4 nitrogen and oxygen atoms in total. The maximum Gasteiger partial charge on any atom is 0.150 e. The molecule has 0 bridgehead atoms. The fourth-order valence-electron chi connectivity index (χ4n) is 2.21. The minimum absolute atomic E-state index is 0.638. The molecular weight excluding hydrogens is 262 g/mol. The monoisotopic (exact) mass is 277 g/mol. The minimum Gasteiger partial charge on any atom is -0.340 e. The number of aldehydes is 1. The first-order valence-corrected chi connectivity index (χ1v) is 6.86. The molecule has 3 rings (SSSR count). The van der Waals surface area contributed by atoms with Crippen LogP contribution in [0.5, 0.6) is 0 Å². The van der Waals surface area contributed by atoms with Crippen LogP contribution in [0.25, 0.3) is 11.3 Å². The summed E-state index contributed by atoms with van der Waals surface area (Å²) in [5.74, 6) is 0.745. The quantitative estimate of drug-likeness (QED) is 0.867. The molecule has 1 aromatic carbocycles. The largest absolute Gasteiger partial charge is 0.340 e. The molecule has 1 heterocycles. The molecule has 0 atom stereocenters. The lowest BCUT2D eigenvalue weighted by Crippen LogP contribution is -2.02. The molecule has 0 fully saturated rings. The Morgan fingerprint density at radius 2 is 2.10 bits per heavy atom. The molecule has 1 N–H and O–H groups in total. The van der Waals surface area contributed by atoms with Crippen molar-refractivity contribution in [2.45, 2.75) is 12.8 Å². The van der Waals surface area contributed by atoms with E-state index in [2.05, 4.69) is 33.5 Å². The number of nitrogens with zero attached hydrogens (tertiary/aromatic N) is 2. The fourth-order valence-corrected chi connectivity index (χ4v) is 2.21. The zero-order valence-corrected chi connectivity index (χ0v) is 11.5. The Hall–Kier alpha value is -2.75. The number of allylic oxidation sites excluding steroid dienone is 3. The van der Waals surface area contributed by atoms with Crippen molar-refractivity contribution in [1.29, 1.82) is 0 Å². The van der Waals surface area contributed by atoms with E-state index in [9.17, 15) is 4.79 Å². The van der Waals surface area contributed by atoms with Gasteiger partial charge >= 0.3 is 0 Å². The first-order chi connectivity index (χ1) is 10.3. The standard InChI is InChI=1S/C17H15N3O/c21-11-13-5-4-6-14(9-13)16-10-17(19-12-18-16)20-15-7-2-1-3-8-15/h2,4-12H,1,3H2,(H,18,19,20). The number of hydrogen-bond acceptors (Lipinski definition) is 4. The van der Waals surface area contributed by atoms with Crippen LogP contribution in [0.15, 0.2) is 60.6 Å². The molecule has 4 heteroatoms. The van der Waals surface area contributed by atoms with E-state index in [4.69, 9.17) is 0 Å². The van der Waals surface area contributed by atoms with Gasteiger partial charge in [-0.25, -0.2) is 9.97 Å². The van der Waals surface area contributed by atoms with Gasteiger partial charge in [-0.1, -0.05) is 30.4 Å². The molecule has 0 amide bonds. The molecule has 1 aliphatic rings. The van der Waals surface area contributed by atoms with Crippen molar-refractivity contribution in [3.05, 3.63) is 66.1 Å². The number of benzene rings is 1. The number of rotatable bonds is 4. The molecule has 2 aromatic rings. The van der Waals surface area contributed by atoms with E-state index in [1.807, 2.05) is 24.3 Å². The number of anilines is 1. The summed E-state index contributed by atoms with van der Waals surface area (Å²) < 4.78 is 0. The first-order valence-electron chi connectivity index (χ1n) is 6.86. The van der Waals surface area contributed by atoms with E-state index in [1.165, 1.54) is 6.33 Å². The summed E-state index contributed by atoms with van der Waals surface area (Å²) in [5, 5.41) is 3.27. The molecule has 1 aliphatic carbocycles. The average molecular weight is 277 g/mol. The topological polar surface area (TPSA) is 54.9 Å². The first kappa shape index (κ1) is 13.2. The van der Waals surface area contributed by atoms with Crippen LogP contribution in [0.2, 0.25) is 0 Å². The maximum atomic E-state index is 10.9. The third-order valence-corrected chi connectivity index (χ3v) is 3.25. The van der Waals surface area contributed by atoms with Gasteiger partial charge in [0.05, 0.1) is 5.69 Å². The SMILES string of the molecule is O=Cc1cccc(-c2cc(NC3=CCCC=C3)ncn2)c1. The molecule has 0 radical (unpaired) electrons. The maximum absolute atomic E-state index is 10.9. The molecule has 0 unspecified atom stereocenters. The van der Waals surface area contributed by atoms with Crippen LogP contribution in [0.3, 0.4) is 0 Å². The third-order valence-electron chi connectivity index (χ3n) is 3.25. The summed E-state index contributed by atoms with van der Waals surface area (Å²) >= 11 is 0. The summed E-state index contributed by atoms with van der Waals surface area (Å²) in [7, 11) is 0. The second-order valence-corrected chi connectivity index (χ2v) is 4.80. The Labute approximate surface area is 123 Å². The van der Waals surface area contributed by atoms with Crippen molar-refractivity contribution in [3.63, 3.8) is 0 Å². The Bertz CT molecular complexity index is 719. The highest BCUT2D eigenvalue weighted by Gasteiger charge is 2.04. The number of aromatic nitrogens is 2. The van der Waals surface area contributed by atoms with Crippen LogP contribution >= 0.6 is 0 Å². The van der Waals surface area contributed by atoms with Gasteiger partial charge in [0.15, 0.2) is 0 Å². The van der Waals surface area contributed by atoms with E-state index in [-0.39, 0.29) is 0 Å². The Balaban J connectivity index is 1.87. The van der Waals surface area contributed by atoms with Crippen LogP contribution in [0.4, 0.5) is 5.82 Å². The molecule has 0 saturated heterocycles. The van der Waals surface area contributed by atoms with Crippen LogP contribution < -0.4 is 5.32 Å². The van der Waals surface area contributed by atoms with Gasteiger partial charge in [0.25, 0.3) is 0 Å².